The van der Waals surface area contributed by atoms with E-state index >= 15 is 0 Å². The molecule has 0 aromatic rings. The molecule has 0 aromatic heterocycles. The first kappa shape index (κ1) is 31.2. The number of aliphatic carboxylic acids is 1. The molecule has 0 unspecified atom stereocenters. The maximum atomic E-state index is 10.3. The summed E-state index contributed by atoms with van der Waals surface area (Å²) in [4.78, 5) is 20.2. The van der Waals surface area contributed by atoms with E-state index < -0.39 is 5.97 Å². The van der Waals surface area contributed by atoms with Gasteiger partial charge in [-0.2, -0.15) is 0 Å². The number of aliphatic hydroxyl groups is 2. The Bertz CT molecular complexity index is 158. The monoisotopic (exact) mass is 317 g/mol. The molecule has 8 heteroatoms. The van der Waals surface area contributed by atoms with Gasteiger partial charge in [0.1, 0.15) is 13.2 Å². The quantitative estimate of drug-likeness (QED) is 0.337. The first-order valence-corrected chi connectivity index (χ1v) is 4.96. The van der Waals surface area contributed by atoms with Gasteiger partial charge in [0, 0.05) is 35.4 Å². The fourth-order valence-corrected chi connectivity index (χ4v) is 0.493. The Morgan fingerprint density at radius 1 is 1.05 bits per heavy atom. The molecule has 0 saturated heterocycles. The van der Waals surface area contributed by atoms with Crippen molar-refractivity contribution in [1.82, 2.24) is 0 Å². The standard InChI is InChI=1S/C7H12O5.C2H6O.CH4O.CH3.Ti/c1-6(8)4-11-2-3-12-5-7(9)10;1-2-3;1-2;;/h2-5H2,1H3,(H,9,10);3H,2H2,1H3;2H,1H3;1H3;/q;;;-1;. The molecule has 0 spiro atoms. The Kier molecular flexibility index (Phi) is 50.3. The van der Waals surface area contributed by atoms with Crippen LogP contribution in [0.15, 0.2) is 0 Å². The van der Waals surface area contributed by atoms with Gasteiger partial charge in [-0.15, -0.1) is 0 Å². The number of aliphatic hydroxyl groups excluding tert-OH is 2. The van der Waals surface area contributed by atoms with Gasteiger partial charge in [-0.1, -0.05) is 0 Å². The van der Waals surface area contributed by atoms with Crippen LogP contribution < -0.4 is 0 Å². The van der Waals surface area contributed by atoms with Crippen LogP contribution in [-0.4, -0.2) is 67.2 Å². The smallest absolute Gasteiger partial charge is 0.329 e. The first-order valence-electron chi connectivity index (χ1n) is 4.96. The predicted molar refractivity (Wildman–Crippen MR) is 67.3 cm³/mol. The van der Waals surface area contributed by atoms with Crippen molar-refractivity contribution in [1.29, 1.82) is 0 Å². The van der Waals surface area contributed by atoms with E-state index in [2.05, 4.69) is 4.74 Å². The van der Waals surface area contributed by atoms with Crippen molar-refractivity contribution in [3.8, 4) is 0 Å². The van der Waals surface area contributed by atoms with E-state index in [1.54, 1.807) is 6.92 Å². The number of rotatable bonds is 7. The van der Waals surface area contributed by atoms with Crippen LogP contribution in [0.1, 0.15) is 13.8 Å². The number of carboxylic acid groups (broad SMARTS) is 1. The zero-order valence-electron chi connectivity index (χ0n) is 12.0. The molecule has 0 saturated carbocycles. The van der Waals surface area contributed by atoms with Gasteiger partial charge in [-0.05, 0) is 13.8 Å². The molecule has 0 amide bonds. The van der Waals surface area contributed by atoms with Crippen LogP contribution in [0.3, 0.4) is 0 Å². The molecule has 0 aliphatic rings. The summed E-state index contributed by atoms with van der Waals surface area (Å²) in [7, 11) is 1.00. The number of carbonyl (C=O) groups excluding carboxylic acids is 1. The van der Waals surface area contributed by atoms with Crippen molar-refractivity contribution in [3.05, 3.63) is 7.43 Å². The van der Waals surface area contributed by atoms with Crippen LogP contribution in [0.25, 0.3) is 0 Å². The molecule has 0 bridgehead atoms. The molecule has 116 valence electrons. The van der Waals surface area contributed by atoms with E-state index in [0.29, 0.717) is 0 Å². The Balaban J connectivity index is -0.0000000819. The summed E-state index contributed by atoms with van der Waals surface area (Å²) in [5.41, 5.74) is 0. The van der Waals surface area contributed by atoms with Gasteiger partial charge in [0.25, 0.3) is 0 Å². The summed E-state index contributed by atoms with van der Waals surface area (Å²) in [5, 5.41) is 22.7. The minimum absolute atomic E-state index is 0. The summed E-state index contributed by atoms with van der Waals surface area (Å²) in [5.74, 6) is -1.07. The average Bonchev–Trinajstić information content (AvgIpc) is 2.26. The average molecular weight is 317 g/mol. The summed E-state index contributed by atoms with van der Waals surface area (Å²) >= 11 is 0. The largest absolute Gasteiger partial charge is 0.480 e. The third kappa shape index (κ3) is 57.7. The van der Waals surface area contributed by atoms with Crippen LogP contribution in [0.5, 0.6) is 0 Å². The topological polar surface area (TPSA) is 113 Å². The SMILES string of the molecule is CC(=O)COCCOCC(=O)O.CCO.CO.[CH3-].[Ti]. The van der Waals surface area contributed by atoms with E-state index in [0.717, 1.165) is 7.11 Å². The van der Waals surface area contributed by atoms with Crippen molar-refractivity contribution in [3.63, 3.8) is 0 Å². The third-order valence-electron chi connectivity index (χ3n) is 0.903. The molecule has 0 rings (SSSR count). The minimum atomic E-state index is -1.01. The number of Topliss-reactive ketones (excluding diaryl/α,β-unsaturated/α-hetero) is 1. The fraction of sp³-hybridized carbons (Fsp3) is 0.727. The van der Waals surface area contributed by atoms with Crippen LogP contribution in [0.2, 0.25) is 0 Å². The van der Waals surface area contributed by atoms with Gasteiger partial charge >= 0.3 is 5.97 Å². The maximum Gasteiger partial charge on any atom is 0.329 e. The van der Waals surface area contributed by atoms with Crippen molar-refractivity contribution in [2.24, 2.45) is 0 Å². The van der Waals surface area contributed by atoms with Crippen LogP contribution in [0.4, 0.5) is 0 Å². The summed E-state index contributed by atoms with van der Waals surface area (Å²) in [6, 6.07) is 0. The molecule has 0 heterocycles. The van der Waals surface area contributed by atoms with E-state index in [-0.39, 0.29) is 68.0 Å². The van der Waals surface area contributed by atoms with Crippen molar-refractivity contribution < 1.29 is 56.1 Å². The number of ether oxygens (including phenoxy) is 2. The second kappa shape index (κ2) is 30.6. The molecule has 0 fully saturated rings. The number of hydrogen-bond acceptors (Lipinski definition) is 6. The van der Waals surface area contributed by atoms with Crippen LogP contribution in [-0.2, 0) is 40.8 Å². The normalized spacial score (nSPS) is 7.42. The zero-order chi connectivity index (χ0) is 14.1. The number of ketones is 1. The first-order chi connectivity index (χ1) is 8.04. The Labute approximate surface area is 129 Å². The summed E-state index contributed by atoms with van der Waals surface area (Å²) in [6.45, 7) is 3.50. The van der Waals surface area contributed by atoms with Crippen molar-refractivity contribution >= 4 is 11.8 Å². The van der Waals surface area contributed by atoms with E-state index in [1.165, 1.54) is 6.92 Å². The Morgan fingerprint density at radius 2 is 1.37 bits per heavy atom. The molecular weight excluding hydrogens is 292 g/mol. The fourth-order valence-electron chi connectivity index (χ4n) is 0.493. The van der Waals surface area contributed by atoms with Crippen LogP contribution in [0, 0.1) is 7.43 Å². The summed E-state index contributed by atoms with van der Waals surface area (Å²) < 4.78 is 9.45. The molecule has 0 aliphatic carbocycles. The van der Waals surface area contributed by atoms with Crippen molar-refractivity contribution in [2.75, 3.05) is 40.1 Å². The van der Waals surface area contributed by atoms with Gasteiger partial charge in [-0.25, -0.2) is 4.79 Å². The second-order valence-corrected chi connectivity index (χ2v) is 2.52. The molecule has 3 N–H and O–H groups in total. The molecule has 0 radical (unpaired) electrons. The van der Waals surface area contributed by atoms with Gasteiger partial charge < -0.3 is 32.2 Å². The van der Waals surface area contributed by atoms with Gasteiger partial charge in [0.05, 0.1) is 13.2 Å². The molecule has 0 aromatic carbocycles. The Morgan fingerprint density at radius 3 is 1.63 bits per heavy atom. The molecule has 0 aliphatic heterocycles. The molecule has 0 atom stereocenters. The number of hydrogen-bond donors (Lipinski definition) is 3. The second-order valence-electron chi connectivity index (χ2n) is 2.52. The molecular formula is C11H25O7Ti-. The number of carbonyl (C=O) groups is 2. The van der Waals surface area contributed by atoms with Gasteiger partial charge in [0.2, 0.25) is 0 Å². The predicted octanol–water partition coefficient (Wildman–Crippen LogP) is -0.252. The maximum absolute atomic E-state index is 10.3. The minimum Gasteiger partial charge on any atom is -0.480 e. The zero-order valence-corrected chi connectivity index (χ0v) is 13.6. The van der Waals surface area contributed by atoms with Gasteiger partial charge in [0.15, 0.2) is 5.78 Å². The van der Waals surface area contributed by atoms with Gasteiger partial charge in [-0.3, -0.25) is 4.79 Å². The molecule has 7 nitrogen and oxygen atoms in total. The summed E-state index contributed by atoms with van der Waals surface area (Å²) in [6.07, 6.45) is 0. The third-order valence-corrected chi connectivity index (χ3v) is 0.903. The Hall–Kier alpha value is -0.306. The van der Waals surface area contributed by atoms with E-state index in [4.69, 9.17) is 20.1 Å². The van der Waals surface area contributed by atoms with Crippen molar-refractivity contribution in [2.45, 2.75) is 13.8 Å². The van der Waals surface area contributed by atoms with E-state index in [9.17, 15) is 9.59 Å². The van der Waals surface area contributed by atoms with Crippen LogP contribution >= 0.6 is 0 Å². The molecule has 19 heavy (non-hydrogen) atoms. The number of carboxylic acids is 1. The van der Waals surface area contributed by atoms with E-state index in [1.807, 2.05) is 0 Å².